The number of Topliss-reactive ketones (excluding diaryl/α,β-unsaturated/α-hetero) is 1. The van der Waals surface area contributed by atoms with E-state index in [0.717, 1.165) is 0 Å². The van der Waals surface area contributed by atoms with Gasteiger partial charge in [-0.15, -0.1) is 0 Å². The lowest BCUT2D eigenvalue weighted by Gasteiger charge is -2.21. The second kappa shape index (κ2) is 4.78. The lowest BCUT2D eigenvalue weighted by atomic mass is 9.87. The molecule has 22 heavy (non-hydrogen) atoms. The highest BCUT2D eigenvalue weighted by Crippen LogP contribution is 2.42. The molecule has 0 bridgehead atoms. The number of aliphatic hydroxyl groups is 1. The second-order valence-corrected chi connectivity index (χ2v) is 5.65. The van der Waals surface area contributed by atoms with E-state index >= 15 is 0 Å². The van der Waals surface area contributed by atoms with Crippen LogP contribution in [0.4, 0.5) is 5.69 Å². The molecule has 6 nitrogen and oxygen atoms in total. The van der Waals surface area contributed by atoms with Crippen molar-refractivity contribution in [3.8, 4) is 0 Å². The average Bonchev–Trinajstić information content (AvgIpc) is 2.92. The topological polar surface area (TPSA) is 86.3 Å². The van der Waals surface area contributed by atoms with Gasteiger partial charge in [-0.05, 0) is 19.9 Å². The van der Waals surface area contributed by atoms with E-state index in [4.69, 9.17) is 0 Å². The molecule has 2 heterocycles. The van der Waals surface area contributed by atoms with Crippen LogP contribution in [-0.4, -0.2) is 34.0 Å². The number of likely N-dealkylation sites (N-methyl/N-ethyl adjacent to an activating group) is 1. The third-order valence-corrected chi connectivity index (χ3v) is 4.19. The van der Waals surface area contributed by atoms with Gasteiger partial charge in [0.25, 0.3) is 5.91 Å². The van der Waals surface area contributed by atoms with Crippen LogP contribution >= 0.6 is 0 Å². The number of fused-ring (bicyclic) bond motifs is 1. The van der Waals surface area contributed by atoms with Crippen LogP contribution in [0.25, 0.3) is 0 Å². The van der Waals surface area contributed by atoms with Crippen LogP contribution in [0.2, 0.25) is 0 Å². The molecule has 1 unspecified atom stereocenters. The number of anilines is 1. The molecule has 3 rings (SSSR count). The summed E-state index contributed by atoms with van der Waals surface area (Å²) in [6, 6.07) is 6.97. The number of benzene rings is 1. The molecule has 114 valence electrons. The van der Waals surface area contributed by atoms with Crippen molar-refractivity contribution in [2.75, 3.05) is 11.9 Å². The Morgan fingerprint density at radius 3 is 2.68 bits per heavy atom. The number of para-hydroxylation sites is 1. The van der Waals surface area contributed by atoms with Crippen LogP contribution in [0, 0.1) is 13.8 Å². The molecule has 2 N–H and O–H groups in total. The van der Waals surface area contributed by atoms with E-state index < -0.39 is 11.5 Å². The lowest BCUT2D eigenvalue weighted by molar-refractivity contribution is -0.135. The quantitative estimate of drug-likeness (QED) is 0.840. The van der Waals surface area contributed by atoms with Crippen molar-refractivity contribution in [3.05, 3.63) is 46.8 Å². The molecule has 6 heteroatoms. The first kappa shape index (κ1) is 14.5. The van der Waals surface area contributed by atoms with Gasteiger partial charge < -0.3 is 10.0 Å². The van der Waals surface area contributed by atoms with Gasteiger partial charge in [0.15, 0.2) is 11.4 Å². The Labute approximate surface area is 127 Å². The molecule has 0 spiro atoms. The summed E-state index contributed by atoms with van der Waals surface area (Å²) in [5, 5.41) is 17.6. The zero-order chi connectivity index (χ0) is 16.1. The van der Waals surface area contributed by atoms with Gasteiger partial charge in [-0.2, -0.15) is 5.10 Å². The molecule has 2 aromatic rings. The monoisotopic (exact) mass is 299 g/mol. The van der Waals surface area contributed by atoms with E-state index in [1.165, 1.54) is 4.90 Å². The van der Waals surface area contributed by atoms with E-state index in [1.807, 2.05) is 0 Å². The smallest absolute Gasteiger partial charge is 0.263 e. The first-order valence-electron chi connectivity index (χ1n) is 7.01. The van der Waals surface area contributed by atoms with Gasteiger partial charge in [0.1, 0.15) is 0 Å². The van der Waals surface area contributed by atoms with Gasteiger partial charge >= 0.3 is 0 Å². The average molecular weight is 299 g/mol. The predicted molar refractivity (Wildman–Crippen MR) is 80.8 cm³/mol. The van der Waals surface area contributed by atoms with Crippen molar-refractivity contribution >= 4 is 17.4 Å². The highest BCUT2D eigenvalue weighted by Gasteiger charge is 2.49. The molecule has 1 aromatic heterocycles. The molecule has 0 saturated heterocycles. The SMILES string of the molecule is Cc1n[nH]c(C)c1C(=O)CC1(O)C(=O)N(C)c2ccccc21. The summed E-state index contributed by atoms with van der Waals surface area (Å²) < 4.78 is 0. The van der Waals surface area contributed by atoms with Crippen LogP contribution in [0.3, 0.4) is 0 Å². The maximum atomic E-state index is 12.6. The van der Waals surface area contributed by atoms with Crippen LogP contribution in [-0.2, 0) is 10.4 Å². The number of aromatic nitrogens is 2. The number of rotatable bonds is 3. The fraction of sp³-hybridized carbons (Fsp3) is 0.312. The Morgan fingerprint density at radius 2 is 2.05 bits per heavy atom. The number of hydrogen-bond acceptors (Lipinski definition) is 4. The molecule has 0 radical (unpaired) electrons. The summed E-state index contributed by atoms with van der Waals surface area (Å²) in [5.41, 5.74) is 0.918. The second-order valence-electron chi connectivity index (χ2n) is 5.65. The van der Waals surface area contributed by atoms with Crippen LogP contribution in [0.5, 0.6) is 0 Å². The third kappa shape index (κ3) is 1.88. The molecule has 1 atom stereocenters. The number of amides is 1. The summed E-state index contributed by atoms with van der Waals surface area (Å²) in [6.07, 6.45) is -0.297. The van der Waals surface area contributed by atoms with Crippen molar-refractivity contribution in [1.29, 1.82) is 0 Å². The number of carbonyl (C=O) groups is 2. The fourth-order valence-corrected chi connectivity index (χ4v) is 3.07. The molecule has 0 saturated carbocycles. The number of H-pyrrole nitrogens is 1. The highest BCUT2D eigenvalue weighted by atomic mass is 16.3. The van der Waals surface area contributed by atoms with E-state index in [9.17, 15) is 14.7 Å². The van der Waals surface area contributed by atoms with Gasteiger partial charge in [0.05, 0.1) is 23.4 Å². The highest BCUT2D eigenvalue weighted by molar-refractivity contribution is 6.10. The summed E-state index contributed by atoms with van der Waals surface area (Å²) in [6.45, 7) is 3.46. The summed E-state index contributed by atoms with van der Waals surface area (Å²) in [7, 11) is 1.60. The minimum atomic E-state index is -1.82. The molecule has 1 aliphatic heterocycles. The molecule has 0 fully saturated rings. The maximum Gasteiger partial charge on any atom is 0.263 e. The zero-order valence-corrected chi connectivity index (χ0v) is 12.7. The van der Waals surface area contributed by atoms with Crippen molar-refractivity contribution in [2.24, 2.45) is 0 Å². The minimum Gasteiger partial charge on any atom is -0.375 e. The fourth-order valence-electron chi connectivity index (χ4n) is 3.07. The Balaban J connectivity index is 2.01. The first-order valence-corrected chi connectivity index (χ1v) is 7.01. The van der Waals surface area contributed by atoms with Crippen molar-refractivity contribution in [2.45, 2.75) is 25.9 Å². The van der Waals surface area contributed by atoms with Crippen molar-refractivity contribution < 1.29 is 14.7 Å². The Morgan fingerprint density at radius 1 is 1.36 bits per heavy atom. The zero-order valence-electron chi connectivity index (χ0n) is 12.7. The standard InChI is InChI=1S/C16H17N3O3/c1-9-14(10(2)18-17-9)13(20)8-16(22)11-6-4-5-7-12(11)19(3)15(16)21/h4-7,22H,8H2,1-3H3,(H,17,18). The Kier molecular flexibility index (Phi) is 3.14. The molecule has 1 amide bonds. The maximum absolute atomic E-state index is 12.6. The predicted octanol–water partition coefficient (Wildman–Crippen LogP) is 1.46. The summed E-state index contributed by atoms with van der Waals surface area (Å²) >= 11 is 0. The number of aryl methyl sites for hydroxylation is 2. The molecule has 1 aromatic carbocycles. The number of carbonyl (C=O) groups excluding carboxylic acids is 2. The number of ketones is 1. The number of hydrogen-bond donors (Lipinski definition) is 2. The van der Waals surface area contributed by atoms with Crippen molar-refractivity contribution in [1.82, 2.24) is 10.2 Å². The van der Waals surface area contributed by atoms with Gasteiger partial charge in [0, 0.05) is 18.3 Å². The van der Waals surface area contributed by atoms with Gasteiger partial charge in [-0.3, -0.25) is 14.7 Å². The lowest BCUT2D eigenvalue weighted by Crippen LogP contribution is -2.40. The van der Waals surface area contributed by atoms with Crippen molar-refractivity contribution in [3.63, 3.8) is 0 Å². The Bertz CT molecular complexity index is 761. The molecule has 1 aliphatic rings. The van der Waals surface area contributed by atoms with Crippen LogP contribution in [0.15, 0.2) is 24.3 Å². The van der Waals surface area contributed by atoms with Gasteiger partial charge in [-0.1, -0.05) is 18.2 Å². The minimum absolute atomic E-state index is 0.297. The molecular formula is C16H17N3O3. The molecule has 0 aliphatic carbocycles. The van der Waals surface area contributed by atoms with E-state index in [2.05, 4.69) is 10.2 Å². The largest absolute Gasteiger partial charge is 0.375 e. The third-order valence-electron chi connectivity index (χ3n) is 4.19. The first-order chi connectivity index (χ1) is 10.4. The van der Waals surface area contributed by atoms with Crippen LogP contribution in [0.1, 0.15) is 33.7 Å². The van der Waals surface area contributed by atoms with E-state index in [1.54, 1.807) is 45.2 Å². The summed E-state index contributed by atoms with van der Waals surface area (Å²) in [5.74, 6) is -0.787. The summed E-state index contributed by atoms with van der Waals surface area (Å²) in [4.78, 5) is 26.4. The number of nitrogens with zero attached hydrogens (tertiary/aromatic N) is 2. The van der Waals surface area contributed by atoms with Gasteiger partial charge in [-0.25, -0.2) is 0 Å². The normalized spacial score (nSPS) is 20.4. The van der Waals surface area contributed by atoms with Crippen LogP contribution < -0.4 is 4.90 Å². The van der Waals surface area contributed by atoms with Gasteiger partial charge in [0.2, 0.25) is 0 Å². The molecular weight excluding hydrogens is 282 g/mol. The Hall–Kier alpha value is -2.47. The van der Waals surface area contributed by atoms with E-state index in [-0.39, 0.29) is 12.2 Å². The van der Waals surface area contributed by atoms with E-state index in [0.29, 0.717) is 28.2 Å². The number of aromatic amines is 1. The number of nitrogens with one attached hydrogen (secondary N) is 1.